The molecule has 24 heavy (non-hydrogen) atoms. The van der Waals surface area contributed by atoms with Crippen LogP contribution in [0.2, 0.25) is 0 Å². The average molecular weight is 327 g/mol. The molecule has 2 aliphatic rings. The Morgan fingerprint density at radius 2 is 1.54 bits per heavy atom. The number of benzene rings is 1. The number of carbonyl (C=O) groups is 1. The maximum Gasteiger partial charge on any atom is 0.321 e. The van der Waals surface area contributed by atoms with Gasteiger partial charge < -0.3 is 15.1 Å². The Bertz CT molecular complexity index is 580. The molecule has 0 aromatic heterocycles. The van der Waals surface area contributed by atoms with Gasteiger partial charge in [0.25, 0.3) is 0 Å². The molecule has 2 aliphatic heterocycles. The van der Waals surface area contributed by atoms with Crippen LogP contribution in [0.25, 0.3) is 0 Å². The van der Waals surface area contributed by atoms with Crippen molar-refractivity contribution in [2.75, 3.05) is 57.7 Å². The standard InChI is InChI=1S/C18H25N5O/c19-15-16-3-5-17(6-4-16)20-18(24)23-13-11-22(12-14-23)10-9-21-7-1-2-8-21/h3-6H,1-2,7-14H2,(H,20,24). The van der Waals surface area contributed by atoms with Crippen molar-refractivity contribution in [3.8, 4) is 6.07 Å². The molecular formula is C18H25N5O. The van der Waals surface area contributed by atoms with E-state index in [-0.39, 0.29) is 6.03 Å². The number of hydrogen-bond donors (Lipinski definition) is 1. The van der Waals surface area contributed by atoms with Gasteiger partial charge in [0.1, 0.15) is 0 Å². The zero-order valence-corrected chi connectivity index (χ0v) is 14.1. The van der Waals surface area contributed by atoms with E-state index in [4.69, 9.17) is 5.26 Å². The third kappa shape index (κ3) is 4.47. The number of nitriles is 1. The number of hydrogen-bond acceptors (Lipinski definition) is 4. The van der Waals surface area contributed by atoms with Crippen LogP contribution in [0.15, 0.2) is 24.3 Å². The van der Waals surface area contributed by atoms with Gasteiger partial charge >= 0.3 is 6.03 Å². The van der Waals surface area contributed by atoms with E-state index in [1.165, 1.54) is 25.9 Å². The minimum Gasteiger partial charge on any atom is -0.322 e. The Kier molecular flexibility index (Phi) is 5.68. The highest BCUT2D eigenvalue weighted by atomic mass is 16.2. The van der Waals surface area contributed by atoms with E-state index >= 15 is 0 Å². The maximum atomic E-state index is 12.3. The van der Waals surface area contributed by atoms with Crippen LogP contribution in [-0.2, 0) is 0 Å². The number of urea groups is 1. The quantitative estimate of drug-likeness (QED) is 0.916. The molecule has 2 heterocycles. The smallest absolute Gasteiger partial charge is 0.321 e. The van der Waals surface area contributed by atoms with Crippen LogP contribution < -0.4 is 5.32 Å². The van der Waals surface area contributed by atoms with Gasteiger partial charge in [-0.2, -0.15) is 5.26 Å². The molecule has 1 aromatic rings. The highest BCUT2D eigenvalue weighted by Gasteiger charge is 2.21. The Labute approximate surface area is 143 Å². The van der Waals surface area contributed by atoms with Crippen molar-refractivity contribution in [1.82, 2.24) is 14.7 Å². The van der Waals surface area contributed by atoms with E-state index in [0.717, 1.165) is 45.0 Å². The highest BCUT2D eigenvalue weighted by Crippen LogP contribution is 2.12. The van der Waals surface area contributed by atoms with Crippen molar-refractivity contribution in [3.63, 3.8) is 0 Å². The molecule has 0 atom stereocenters. The summed E-state index contributed by atoms with van der Waals surface area (Å²) in [5, 5.41) is 11.7. The number of likely N-dealkylation sites (tertiary alicyclic amines) is 1. The van der Waals surface area contributed by atoms with Gasteiger partial charge in [-0.3, -0.25) is 4.90 Å². The molecule has 2 saturated heterocycles. The van der Waals surface area contributed by atoms with Gasteiger partial charge in [0.15, 0.2) is 0 Å². The Hall–Kier alpha value is -2.10. The summed E-state index contributed by atoms with van der Waals surface area (Å²) in [4.78, 5) is 19.2. The summed E-state index contributed by atoms with van der Waals surface area (Å²) in [5.41, 5.74) is 1.33. The van der Waals surface area contributed by atoms with Gasteiger partial charge in [-0.1, -0.05) is 0 Å². The number of rotatable bonds is 4. The minimum absolute atomic E-state index is 0.0566. The molecule has 3 rings (SSSR count). The number of nitrogens with zero attached hydrogens (tertiary/aromatic N) is 4. The molecule has 1 N–H and O–H groups in total. The van der Waals surface area contributed by atoms with Crippen molar-refractivity contribution in [3.05, 3.63) is 29.8 Å². The van der Waals surface area contributed by atoms with E-state index in [2.05, 4.69) is 21.2 Å². The van der Waals surface area contributed by atoms with Gasteiger partial charge in [0.05, 0.1) is 11.6 Å². The van der Waals surface area contributed by atoms with Crippen LogP contribution in [0.4, 0.5) is 10.5 Å². The van der Waals surface area contributed by atoms with Crippen molar-refractivity contribution >= 4 is 11.7 Å². The van der Waals surface area contributed by atoms with E-state index in [1.807, 2.05) is 4.90 Å². The number of nitrogens with one attached hydrogen (secondary N) is 1. The highest BCUT2D eigenvalue weighted by molar-refractivity contribution is 5.89. The molecule has 6 nitrogen and oxygen atoms in total. The second kappa shape index (κ2) is 8.13. The van der Waals surface area contributed by atoms with Gasteiger partial charge in [-0.05, 0) is 50.2 Å². The molecule has 2 fully saturated rings. The third-order valence-electron chi connectivity index (χ3n) is 4.86. The topological polar surface area (TPSA) is 62.6 Å². The molecule has 1 aromatic carbocycles. The molecule has 0 saturated carbocycles. The molecule has 0 unspecified atom stereocenters. The fourth-order valence-electron chi connectivity index (χ4n) is 3.29. The van der Waals surface area contributed by atoms with Crippen LogP contribution in [0.1, 0.15) is 18.4 Å². The van der Waals surface area contributed by atoms with Crippen LogP contribution in [0, 0.1) is 11.3 Å². The van der Waals surface area contributed by atoms with Crippen LogP contribution >= 0.6 is 0 Å². The monoisotopic (exact) mass is 327 g/mol. The summed E-state index contributed by atoms with van der Waals surface area (Å²) in [6.45, 7) is 8.15. The first-order chi connectivity index (χ1) is 11.7. The number of anilines is 1. The first kappa shape index (κ1) is 16.7. The second-order valence-corrected chi connectivity index (χ2v) is 6.50. The van der Waals surface area contributed by atoms with E-state index in [9.17, 15) is 4.79 Å². The first-order valence-corrected chi connectivity index (χ1v) is 8.75. The van der Waals surface area contributed by atoms with Gasteiger partial charge in [-0.15, -0.1) is 0 Å². The summed E-state index contributed by atoms with van der Waals surface area (Å²) in [6.07, 6.45) is 2.67. The zero-order valence-electron chi connectivity index (χ0n) is 14.1. The Morgan fingerprint density at radius 1 is 0.958 bits per heavy atom. The molecular weight excluding hydrogens is 302 g/mol. The van der Waals surface area contributed by atoms with Gasteiger partial charge in [0, 0.05) is 45.0 Å². The van der Waals surface area contributed by atoms with Crippen LogP contribution in [0.5, 0.6) is 0 Å². The summed E-state index contributed by atoms with van der Waals surface area (Å²) in [7, 11) is 0. The fraction of sp³-hybridized carbons (Fsp3) is 0.556. The average Bonchev–Trinajstić information content (AvgIpc) is 3.14. The predicted molar refractivity (Wildman–Crippen MR) is 93.9 cm³/mol. The van der Waals surface area contributed by atoms with Crippen molar-refractivity contribution in [2.45, 2.75) is 12.8 Å². The van der Waals surface area contributed by atoms with Gasteiger partial charge in [-0.25, -0.2) is 4.79 Å². The van der Waals surface area contributed by atoms with Crippen LogP contribution in [-0.4, -0.2) is 73.1 Å². The Balaban J connectivity index is 1.40. The predicted octanol–water partition coefficient (Wildman–Crippen LogP) is 1.80. The lowest BCUT2D eigenvalue weighted by atomic mass is 10.2. The van der Waals surface area contributed by atoms with Crippen molar-refractivity contribution in [2.24, 2.45) is 0 Å². The largest absolute Gasteiger partial charge is 0.322 e. The summed E-state index contributed by atoms with van der Waals surface area (Å²) in [5.74, 6) is 0. The van der Waals surface area contributed by atoms with Crippen LogP contribution in [0.3, 0.4) is 0 Å². The normalized spacial score (nSPS) is 19.2. The van der Waals surface area contributed by atoms with Crippen molar-refractivity contribution < 1.29 is 4.79 Å². The first-order valence-electron chi connectivity index (χ1n) is 8.75. The Morgan fingerprint density at radius 3 is 2.12 bits per heavy atom. The molecule has 2 amide bonds. The molecule has 0 aliphatic carbocycles. The van der Waals surface area contributed by atoms with Gasteiger partial charge in [0.2, 0.25) is 0 Å². The summed E-state index contributed by atoms with van der Waals surface area (Å²) in [6, 6.07) is 8.98. The lowest BCUT2D eigenvalue weighted by molar-refractivity contribution is 0.137. The molecule has 0 spiro atoms. The summed E-state index contributed by atoms with van der Waals surface area (Å²) < 4.78 is 0. The van der Waals surface area contributed by atoms with E-state index < -0.39 is 0 Å². The van der Waals surface area contributed by atoms with E-state index in [0.29, 0.717) is 5.56 Å². The third-order valence-corrected chi connectivity index (χ3v) is 4.86. The number of carbonyl (C=O) groups excluding carboxylic acids is 1. The lowest BCUT2D eigenvalue weighted by Crippen LogP contribution is -2.51. The SMILES string of the molecule is N#Cc1ccc(NC(=O)N2CCN(CCN3CCCC3)CC2)cc1. The molecule has 128 valence electrons. The molecule has 0 radical (unpaired) electrons. The fourth-order valence-corrected chi connectivity index (χ4v) is 3.29. The lowest BCUT2D eigenvalue weighted by Gasteiger charge is -2.35. The maximum absolute atomic E-state index is 12.3. The van der Waals surface area contributed by atoms with E-state index in [1.54, 1.807) is 24.3 Å². The molecule has 6 heteroatoms. The zero-order chi connectivity index (χ0) is 16.8. The molecule has 0 bridgehead atoms. The number of piperazine rings is 1. The summed E-state index contributed by atoms with van der Waals surface area (Å²) >= 11 is 0. The van der Waals surface area contributed by atoms with Crippen molar-refractivity contribution in [1.29, 1.82) is 5.26 Å². The second-order valence-electron chi connectivity index (χ2n) is 6.50. The minimum atomic E-state index is -0.0566. The number of amides is 2.